The molecule has 1 aromatic carbocycles. The predicted molar refractivity (Wildman–Crippen MR) is 68.0 cm³/mol. The van der Waals surface area contributed by atoms with E-state index in [0.717, 1.165) is 36.4 Å². The molecule has 0 saturated heterocycles. The van der Waals surface area contributed by atoms with Crippen molar-refractivity contribution in [3.8, 4) is 0 Å². The molecule has 1 aliphatic rings. The van der Waals surface area contributed by atoms with Gasteiger partial charge in [0.15, 0.2) is 0 Å². The van der Waals surface area contributed by atoms with Crippen molar-refractivity contribution in [2.75, 3.05) is 11.9 Å². The number of nitrogens with one attached hydrogen (secondary N) is 1. The Morgan fingerprint density at radius 1 is 1.25 bits per heavy atom. The van der Waals surface area contributed by atoms with Crippen molar-refractivity contribution >= 4 is 17.3 Å². The first-order chi connectivity index (χ1) is 7.68. The highest BCUT2D eigenvalue weighted by Gasteiger charge is 2.28. The molecule has 2 N–H and O–H groups in total. The van der Waals surface area contributed by atoms with Crippen molar-refractivity contribution in [3.63, 3.8) is 0 Å². The van der Waals surface area contributed by atoms with Gasteiger partial charge in [0.2, 0.25) is 0 Å². The summed E-state index contributed by atoms with van der Waals surface area (Å²) in [4.78, 5) is 0. The van der Waals surface area contributed by atoms with Gasteiger partial charge in [0.25, 0.3) is 0 Å². The third kappa shape index (κ3) is 3.13. The number of anilines is 1. The number of aliphatic hydroxyl groups is 1. The number of hydrogen-bond donors (Lipinski definition) is 2. The third-order valence-corrected chi connectivity index (χ3v) is 3.47. The molecular weight excluding hydrogens is 222 g/mol. The molecule has 0 bridgehead atoms. The van der Waals surface area contributed by atoms with Crippen molar-refractivity contribution in [1.29, 1.82) is 0 Å². The molecule has 0 aromatic heterocycles. The van der Waals surface area contributed by atoms with Gasteiger partial charge in [-0.15, -0.1) is 0 Å². The van der Waals surface area contributed by atoms with E-state index in [1.54, 1.807) is 0 Å². The Hall–Kier alpha value is -0.730. The monoisotopic (exact) mass is 239 g/mol. The lowest BCUT2D eigenvalue weighted by Gasteiger charge is -2.32. The van der Waals surface area contributed by atoms with Crippen LogP contribution in [0.2, 0.25) is 5.02 Å². The lowest BCUT2D eigenvalue weighted by Crippen LogP contribution is -2.38. The van der Waals surface area contributed by atoms with Crippen molar-refractivity contribution in [1.82, 2.24) is 0 Å². The SMILES string of the molecule is OC1(CNc2cccc(Cl)c2)CCCCC1. The van der Waals surface area contributed by atoms with Gasteiger partial charge in [0.1, 0.15) is 0 Å². The van der Waals surface area contributed by atoms with Gasteiger partial charge in [-0.1, -0.05) is 36.9 Å². The van der Waals surface area contributed by atoms with Crippen LogP contribution in [0.15, 0.2) is 24.3 Å². The van der Waals surface area contributed by atoms with E-state index in [1.807, 2.05) is 24.3 Å². The molecule has 1 aromatic rings. The summed E-state index contributed by atoms with van der Waals surface area (Å²) < 4.78 is 0. The van der Waals surface area contributed by atoms with E-state index in [0.29, 0.717) is 6.54 Å². The van der Waals surface area contributed by atoms with Crippen LogP contribution in [0.3, 0.4) is 0 Å². The summed E-state index contributed by atoms with van der Waals surface area (Å²) in [6, 6.07) is 7.61. The molecule has 0 heterocycles. The van der Waals surface area contributed by atoms with E-state index >= 15 is 0 Å². The third-order valence-electron chi connectivity index (χ3n) is 3.23. The van der Waals surface area contributed by atoms with Crippen LogP contribution in [0.1, 0.15) is 32.1 Å². The molecule has 2 rings (SSSR count). The number of benzene rings is 1. The van der Waals surface area contributed by atoms with E-state index in [-0.39, 0.29) is 0 Å². The number of halogens is 1. The van der Waals surface area contributed by atoms with Crippen molar-refractivity contribution in [3.05, 3.63) is 29.3 Å². The van der Waals surface area contributed by atoms with Crippen LogP contribution in [0.5, 0.6) is 0 Å². The predicted octanol–water partition coefficient (Wildman–Crippen LogP) is 3.45. The maximum absolute atomic E-state index is 10.3. The molecule has 16 heavy (non-hydrogen) atoms. The summed E-state index contributed by atoms with van der Waals surface area (Å²) in [5, 5.41) is 14.3. The number of hydrogen-bond acceptors (Lipinski definition) is 2. The van der Waals surface area contributed by atoms with E-state index in [1.165, 1.54) is 6.42 Å². The Morgan fingerprint density at radius 3 is 2.69 bits per heavy atom. The zero-order valence-corrected chi connectivity index (χ0v) is 10.1. The van der Waals surface area contributed by atoms with Crippen LogP contribution >= 0.6 is 11.6 Å². The Balaban J connectivity index is 1.91. The van der Waals surface area contributed by atoms with E-state index in [9.17, 15) is 5.11 Å². The van der Waals surface area contributed by atoms with Gasteiger partial charge >= 0.3 is 0 Å². The summed E-state index contributed by atoms with van der Waals surface area (Å²) in [5.41, 5.74) is 0.451. The van der Waals surface area contributed by atoms with Gasteiger partial charge in [-0.25, -0.2) is 0 Å². The fourth-order valence-electron chi connectivity index (χ4n) is 2.25. The Bertz CT molecular complexity index is 348. The second-order valence-corrected chi connectivity index (χ2v) is 5.09. The van der Waals surface area contributed by atoms with Gasteiger partial charge in [-0.05, 0) is 31.0 Å². The molecule has 0 amide bonds. The van der Waals surface area contributed by atoms with E-state index < -0.39 is 5.60 Å². The Morgan fingerprint density at radius 2 is 2.00 bits per heavy atom. The molecule has 1 fully saturated rings. The molecule has 1 saturated carbocycles. The highest BCUT2D eigenvalue weighted by Crippen LogP contribution is 2.28. The van der Waals surface area contributed by atoms with Gasteiger partial charge < -0.3 is 10.4 Å². The maximum Gasteiger partial charge on any atom is 0.0819 e. The van der Waals surface area contributed by atoms with Crippen LogP contribution in [0.4, 0.5) is 5.69 Å². The van der Waals surface area contributed by atoms with Crippen LogP contribution in [0, 0.1) is 0 Å². The van der Waals surface area contributed by atoms with Gasteiger partial charge in [-0.3, -0.25) is 0 Å². The minimum Gasteiger partial charge on any atom is -0.388 e. The first kappa shape index (κ1) is 11.7. The van der Waals surface area contributed by atoms with Crippen LogP contribution in [0.25, 0.3) is 0 Å². The maximum atomic E-state index is 10.3. The standard InChI is InChI=1S/C13H18ClNO/c14-11-5-4-6-12(9-11)15-10-13(16)7-2-1-3-8-13/h4-6,9,15-16H,1-3,7-8,10H2. The highest BCUT2D eigenvalue weighted by atomic mass is 35.5. The molecule has 0 radical (unpaired) electrons. The van der Waals surface area contributed by atoms with Crippen molar-refractivity contribution < 1.29 is 5.11 Å². The molecular formula is C13H18ClNO. The average Bonchev–Trinajstić information content (AvgIpc) is 2.28. The zero-order valence-electron chi connectivity index (χ0n) is 9.38. The summed E-state index contributed by atoms with van der Waals surface area (Å²) >= 11 is 5.90. The lowest BCUT2D eigenvalue weighted by atomic mass is 9.85. The topological polar surface area (TPSA) is 32.3 Å². The molecule has 1 aliphatic carbocycles. The molecule has 2 nitrogen and oxygen atoms in total. The summed E-state index contributed by atoms with van der Waals surface area (Å²) in [6.07, 6.45) is 5.32. The van der Waals surface area contributed by atoms with E-state index in [2.05, 4.69) is 5.32 Å². The second-order valence-electron chi connectivity index (χ2n) is 4.65. The minimum absolute atomic E-state index is 0.527. The molecule has 0 atom stereocenters. The van der Waals surface area contributed by atoms with Crippen LogP contribution < -0.4 is 5.32 Å². The van der Waals surface area contributed by atoms with E-state index in [4.69, 9.17) is 11.6 Å². The molecule has 0 unspecified atom stereocenters. The highest BCUT2D eigenvalue weighted by molar-refractivity contribution is 6.30. The van der Waals surface area contributed by atoms with Gasteiger partial charge in [0, 0.05) is 17.3 Å². The van der Waals surface area contributed by atoms with Crippen molar-refractivity contribution in [2.45, 2.75) is 37.7 Å². The first-order valence-corrected chi connectivity index (χ1v) is 6.28. The average molecular weight is 240 g/mol. The molecule has 0 spiro atoms. The first-order valence-electron chi connectivity index (χ1n) is 5.90. The smallest absolute Gasteiger partial charge is 0.0819 e. The van der Waals surface area contributed by atoms with Crippen LogP contribution in [-0.2, 0) is 0 Å². The van der Waals surface area contributed by atoms with Crippen molar-refractivity contribution in [2.24, 2.45) is 0 Å². The summed E-state index contributed by atoms with van der Waals surface area (Å²) in [5.74, 6) is 0. The fraction of sp³-hybridized carbons (Fsp3) is 0.538. The van der Waals surface area contributed by atoms with Gasteiger partial charge in [0.05, 0.1) is 5.60 Å². The minimum atomic E-state index is -0.527. The number of rotatable bonds is 3. The second kappa shape index (κ2) is 5.07. The molecule has 88 valence electrons. The fourth-order valence-corrected chi connectivity index (χ4v) is 2.44. The lowest BCUT2D eigenvalue weighted by molar-refractivity contribution is 0.0167. The quantitative estimate of drug-likeness (QED) is 0.847. The molecule has 3 heteroatoms. The Labute approximate surface area is 102 Å². The zero-order chi connectivity index (χ0) is 11.4. The largest absolute Gasteiger partial charge is 0.388 e. The van der Waals surface area contributed by atoms with Crippen LogP contribution in [-0.4, -0.2) is 17.3 Å². The van der Waals surface area contributed by atoms with Gasteiger partial charge in [-0.2, -0.15) is 0 Å². The summed E-state index contributed by atoms with van der Waals surface area (Å²) in [6.45, 7) is 0.618. The summed E-state index contributed by atoms with van der Waals surface area (Å²) in [7, 11) is 0. The molecule has 0 aliphatic heterocycles. The Kier molecular flexibility index (Phi) is 3.72. The normalized spacial score (nSPS) is 19.4.